The SMILES string of the molecule is C=C(C)CC(=O)C1CC(NC(=O)OC(C)(C)C)C1. The standard InChI is InChI=1S/C14H23NO3/c1-9(2)6-12(16)10-7-11(8-10)15-13(17)18-14(3,4)5/h10-11H,1,6-8H2,2-5H3,(H,15,17). The van der Waals surface area contributed by atoms with Crippen LogP contribution in [0, 0.1) is 5.92 Å². The molecule has 4 nitrogen and oxygen atoms in total. The number of hydrogen-bond acceptors (Lipinski definition) is 3. The molecule has 1 saturated carbocycles. The number of Topliss-reactive ketones (excluding diaryl/α,β-unsaturated/α-hetero) is 1. The number of rotatable bonds is 4. The van der Waals surface area contributed by atoms with Crippen molar-refractivity contribution >= 4 is 11.9 Å². The number of nitrogens with one attached hydrogen (secondary N) is 1. The lowest BCUT2D eigenvalue weighted by Gasteiger charge is -2.35. The van der Waals surface area contributed by atoms with Crippen LogP contribution in [0.1, 0.15) is 47.0 Å². The number of carbonyl (C=O) groups is 2. The first-order valence-corrected chi connectivity index (χ1v) is 6.34. The van der Waals surface area contributed by atoms with Gasteiger partial charge in [-0.3, -0.25) is 4.79 Å². The molecule has 4 heteroatoms. The van der Waals surface area contributed by atoms with Crippen LogP contribution in [0.5, 0.6) is 0 Å². The normalized spacial score (nSPS) is 22.9. The van der Waals surface area contributed by atoms with Gasteiger partial charge < -0.3 is 10.1 Å². The Morgan fingerprint density at radius 3 is 2.33 bits per heavy atom. The highest BCUT2D eigenvalue weighted by molar-refractivity contribution is 5.84. The molecule has 1 aliphatic rings. The zero-order valence-corrected chi connectivity index (χ0v) is 11.7. The molecule has 1 fully saturated rings. The molecule has 0 aliphatic heterocycles. The molecule has 1 N–H and O–H groups in total. The Morgan fingerprint density at radius 2 is 1.89 bits per heavy atom. The van der Waals surface area contributed by atoms with Gasteiger partial charge in [-0.1, -0.05) is 12.2 Å². The lowest BCUT2D eigenvalue weighted by molar-refractivity contribution is -0.125. The number of ether oxygens (including phenoxy) is 1. The third-order valence-electron chi connectivity index (χ3n) is 2.79. The van der Waals surface area contributed by atoms with Crippen molar-refractivity contribution in [3.05, 3.63) is 12.2 Å². The predicted octanol–water partition coefficient (Wildman–Crippen LogP) is 2.83. The van der Waals surface area contributed by atoms with Crippen LogP contribution in [-0.4, -0.2) is 23.5 Å². The summed E-state index contributed by atoms with van der Waals surface area (Å²) in [7, 11) is 0. The van der Waals surface area contributed by atoms with Crippen molar-refractivity contribution in [2.75, 3.05) is 0 Å². The minimum atomic E-state index is -0.483. The van der Waals surface area contributed by atoms with Crippen LogP contribution >= 0.6 is 0 Å². The topological polar surface area (TPSA) is 55.4 Å². The molecule has 102 valence electrons. The molecule has 0 saturated heterocycles. The van der Waals surface area contributed by atoms with Gasteiger partial charge in [0.25, 0.3) is 0 Å². The number of ketones is 1. The number of hydrogen-bond donors (Lipinski definition) is 1. The monoisotopic (exact) mass is 253 g/mol. The van der Waals surface area contributed by atoms with E-state index in [0.717, 1.165) is 5.57 Å². The van der Waals surface area contributed by atoms with E-state index in [9.17, 15) is 9.59 Å². The highest BCUT2D eigenvalue weighted by atomic mass is 16.6. The van der Waals surface area contributed by atoms with E-state index in [1.165, 1.54) is 0 Å². The molecule has 0 spiro atoms. The molecule has 0 heterocycles. The van der Waals surface area contributed by atoms with Gasteiger partial charge >= 0.3 is 6.09 Å². The summed E-state index contributed by atoms with van der Waals surface area (Å²) in [4.78, 5) is 23.2. The van der Waals surface area contributed by atoms with Gasteiger partial charge in [-0.25, -0.2) is 4.79 Å². The second kappa shape index (κ2) is 5.55. The van der Waals surface area contributed by atoms with E-state index in [2.05, 4.69) is 11.9 Å². The van der Waals surface area contributed by atoms with Gasteiger partial charge in [0.05, 0.1) is 0 Å². The maximum absolute atomic E-state index is 11.7. The minimum Gasteiger partial charge on any atom is -0.444 e. The lowest BCUT2D eigenvalue weighted by atomic mass is 9.76. The molecule has 0 aromatic rings. The molecule has 0 bridgehead atoms. The molecule has 1 amide bonds. The third kappa shape index (κ3) is 4.90. The van der Waals surface area contributed by atoms with E-state index in [1.807, 2.05) is 27.7 Å². The first kappa shape index (κ1) is 14.7. The van der Waals surface area contributed by atoms with Crippen molar-refractivity contribution in [1.82, 2.24) is 5.32 Å². The second-order valence-electron chi connectivity index (χ2n) is 6.11. The van der Waals surface area contributed by atoms with Crippen molar-refractivity contribution in [2.45, 2.75) is 58.6 Å². The Hall–Kier alpha value is -1.32. The van der Waals surface area contributed by atoms with Crippen LogP contribution in [0.25, 0.3) is 0 Å². The lowest BCUT2D eigenvalue weighted by Crippen LogP contribution is -2.48. The molecule has 0 aromatic carbocycles. The molecule has 0 aromatic heterocycles. The fourth-order valence-electron chi connectivity index (χ4n) is 1.91. The number of carbonyl (C=O) groups excluding carboxylic acids is 2. The van der Waals surface area contributed by atoms with Gasteiger partial charge in [-0.15, -0.1) is 0 Å². The van der Waals surface area contributed by atoms with Gasteiger partial charge in [-0.05, 0) is 40.5 Å². The fraction of sp³-hybridized carbons (Fsp3) is 0.714. The molecular weight excluding hydrogens is 230 g/mol. The van der Waals surface area contributed by atoms with E-state index >= 15 is 0 Å². The average Bonchev–Trinajstić information content (AvgIpc) is 2.05. The van der Waals surface area contributed by atoms with Crippen LogP contribution in [0.4, 0.5) is 4.79 Å². The van der Waals surface area contributed by atoms with E-state index < -0.39 is 11.7 Å². The smallest absolute Gasteiger partial charge is 0.407 e. The van der Waals surface area contributed by atoms with E-state index in [0.29, 0.717) is 19.3 Å². The summed E-state index contributed by atoms with van der Waals surface area (Å²) < 4.78 is 5.16. The molecule has 0 radical (unpaired) electrons. The third-order valence-corrected chi connectivity index (χ3v) is 2.79. The number of alkyl carbamates (subject to hydrolysis) is 1. The Morgan fingerprint density at radius 1 is 1.33 bits per heavy atom. The minimum absolute atomic E-state index is 0.0684. The van der Waals surface area contributed by atoms with Crippen molar-refractivity contribution < 1.29 is 14.3 Å². The van der Waals surface area contributed by atoms with E-state index in [4.69, 9.17) is 4.74 Å². The second-order valence-corrected chi connectivity index (χ2v) is 6.11. The van der Waals surface area contributed by atoms with E-state index in [1.54, 1.807) is 0 Å². The van der Waals surface area contributed by atoms with Crippen molar-refractivity contribution in [3.63, 3.8) is 0 Å². The van der Waals surface area contributed by atoms with Gasteiger partial charge in [-0.2, -0.15) is 0 Å². The van der Waals surface area contributed by atoms with Gasteiger partial charge in [0.15, 0.2) is 0 Å². The average molecular weight is 253 g/mol. The van der Waals surface area contributed by atoms with Gasteiger partial charge in [0.1, 0.15) is 11.4 Å². The van der Waals surface area contributed by atoms with Gasteiger partial charge in [0.2, 0.25) is 0 Å². The maximum Gasteiger partial charge on any atom is 0.407 e. The van der Waals surface area contributed by atoms with Crippen LogP contribution in [-0.2, 0) is 9.53 Å². The Labute approximate surface area is 109 Å². The number of allylic oxidation sites excluding steroid dienone is 1. The highest BCUT2D eigenvalue weighted by Gasteiger charge is 2.35. The molecule has 0 unspecified atom stereocenters. The summed E-state index contributed by atoms with van der Waals surface area (Å²) in [5.41, 5.74) is 0.409. The predicted molar refractivity (Wildman–Crippen MR) is 70.3 cm³/mol. The summed E-state index contributed by atoms with van der Waals surface area (Å²) in [6, 6.07) is 0.0684. The molecule has 1 aliphatic carbocycles. The zero-order valence-electron chi connectivity index (χ0n) is 11.7. The molecule has 0 atom stereocenters. The Balaban J connectivity index is 2.25. The first-order valence-electron chi connectivity index (χ1n) is 6.34. The largest absolute Gasteiger partial charge is 0.444 e. The molecular formula is C14H23NO3. The summed E-state index contributed by atoms with van der Waals surface area (Å²) >= 11 is 0. The van der Waals surface area contributed by atoms with Crippen LogP contribution < -0.4 is 5.32 Å². The van der Waals surface area contributed by atoms with Crippen LogP contribution in [0.15, 0.2) is 12.2 Å². The summed E-state index contributed by atoms with van der Waals surface area (Å²) in [5, 5.41) is 2.78. The fourth-order valence-corrected chi connectivity index (χ4v) is 1.91. The number of amides is 1. The van der Waals surface area contributed by atoms with Crippen molar-refractivity contribution in [3.8, 4) is 0 Å². The maximum atomic E-state index is 11.7. The van der Waals surface area contributed by atoms with Crippen LogP contribution in [0.3, 0.4) is 0 Å². The Bertz CT molecular complexity index is 349. The first-order chi connectivity index (χ1) is 8.17. The summed E-state index contributed by atoms with van der Waals surface area (Å²) in [5.74, 6) is 0.298. The summed E-state index contributed by atoms with van der Waals surface area (Å²) in [6.07, 6.45) is 1.47. The zero-order chi connectivity index (χ0) is 13.9. The van der Waals surface area contributed by atoms with Crippen molar-refractivity contribution in [1.29, 1.82) is 0 Å². The summed E-state index contributed by atoms with van der Waals surface area (Å²) in [6.45, 7) is 11.1. The quantitative estimate of drug-likeness (QED) is 0.784. The van der Waals surface area contributed by atoms with E-state index in [-0.39, 0.29) is 17.7 Å². The van der Waals surface area contributed by atoms with Crippen LogP contribution in [0.2, 0.25) is 0 Å². The molecule has 18 heavy (non-hydrogen) atoms. The molecule has 1 rings (SSSR count). The Kier molecular flexibility index (Phi) is 4.54. The van der Waals surface area contributed by atoms with Gasteiger partial charge in [0, 0.05) is 18.4 Å². The van der Waals surface area contributed by atoms with Crippen molar-refractivity contribution in [2.24, 2.45) is 5.92 Å². The highest BCUT2D eigenvalue weighted by Crippen LogP contribution is 2.30.